The number of para-hydroxylation sites is 1. The third kappa shape index (κ3) is 2.98. The smallest absolute Gasteiger partial charge is 0.408 e. The number of carbonyl (C=O) groups excluding carboxylic acids is 1. The van der Waals surface area contributed by atoms with Gasteiger partial charge in [-0.1, -0.05) is 18.2 Å². The minimum atomic E-state index is -3.02. The first-order chi connectivity index (χ1) is 11.5. The molecule has 2 saturated heterocycles. The molecule has 8 heteroatoms. The van der Waals surface area contributed by atoms with Crippen LogP contribution in [0.15, 0.2) is 29.3 Å². The number of nitrogens with one attached hydrogen (secondary N) is 1. The summed E-state index contributed by atoms with van der Waals surface area (Å²) in [4.78, 5) is 18.8. The van der Waals surface area contributed by atoms with Gasteiger partial charge in [-0.05, 0) is 18.1 Å². The quantitative estimate of drug-likeness (QED) is 0.867. The fourth-order valence-corrected chi connectivity index (χ4v) is 5.13. The maximum absolute atomic E-state index is 12.1. The molecule has 1 aromatic carbocycles. The summed E-state index contributed by atoms with van der Waals surface area (Å²) in [6, 6.07) is 7.59. The van der Waals surface area contributed by atoms with Crippen LogP contribution in [0, 0.1) is 0 Å². The van der Waals surface area contributed by atoms with Crippen molar-refractivity contribution in [2.45, 2.75) is 31.5 Å². The number of aliphatic imine (C=N–C) groups is 1. The number of rotatable bonds is 2. The van der Waals surface area contributed by atoms with E-state index in [4.69, 9.17) is 4.74 Å². The summed E-state index contributed by atoms with van der Waals surface area (Å²) in [7, 11) is -3.02. The van der Waals surface area contributed by atoms with Crippen molar-refractivity contribution in [2.24, 2.45) is 4.99 Å². The number of amidine groups is 1. The Balaban J connectivity index is 1.42. The Morgan fingerprint density at radius 2 is 2.12 bits per heavy atom. The number of sulfone groups is 1. The largest absolute Gasteiger partial charge is 0.438 e. The molecule has 0 spiro atoms. The zero-order valence-corrected chi connectivity index (χ0v) is 14.0. The average molecular weight is 349 g/mol. The molecule has 0 aromatic heterocycles. The number of alkyl carbamates (subject to hydrolysis) is 1. The molecule has 7 nitrogen and oxygen atoms in total. The van der Waals surface area contributed by atoms with Gasteiger partial charge in [-0.15, -0.1) is 0 Å². The molecule has 1 N–H and O–H groups in total. The Labute approximate surface area is 140 Å². The molecular formula is C16H19N3O4S. The van der Waals surface area contributed by atoms with Crippen molar-refractivity contribution in [1.82, 2.24) is 10.2 Å². The molecule has 128 valence electrons. The second-order valence-electron chi connectivity index (χ2n) is 6.45. The van der Waals surface area contributed by atoms with Gasteiger partial charge in [0.05, 0.1) is 17.2 Å². The Morgan fingerprint density at radius 3 is 2.92 bits per heavy atom. The van der Waals surface area contributed by atoms with Gasteiger partial charge in [0.15, 0.2) is 15.9 Å². The first-order valence-electron chi connectivity index (χ1n) is 8.09. The van der Waals surface area contributed by atoms with E-state index in [2.05, 4.69) is 21.3 Å². The van der Waals surface area contributed by atoms with E-state index in [1.165, 1.54) is 5.56 Å². The van der Waals surface area contributed by atoms with Crippen LogP contribution in [0.5, 0.6) is 0 Å². The standard InChI is InChI=1S/C16H19N3O4S/c20-16(17-12-6-8-24(21,22)10-12)23-14-5-7-19-9-11-3-1-2-4-13(11)18-15(14)19/h1-4,12,14H,5-10H2,(H,17,20)/t12-,14+/m1/s1. The Morgan fingerprint density at radius 1 is 1.29 bits per heavy atom. The number of nitrogens with zero attached hydrogens (tertiary/aromatic N) is 2. The van der Waals surface area contributed by atoms with Gasteiger partial charge >= 0.3 is 6.09 Å². The van der Waals surface area contributed by atoms with Crippen LogP contribution in [0.2, 0.25) is 0 Å². The molecule has 2 fully saturated rings. The summed E-state index contributed by atoms with van der Waals surface area (Å²) >= 11 is 0. The summed E-state index contributed by atoms with van der Waals surface area (Å²) in [5, 5.41) is 2.66. The molecule has 2 atom stereocenters. The predicted octanol–water partition coefficient (Wildman–Crippen LogP) is 1.22. The van der Waals surface area contributed by atoms with Crippen LogP contribution in [0.1, 0.15) is 18.4 Å². The average Bonchev–Trinajstić information content (AvgIpc) is 3.08. The number of amides is 1. The highest BCUT2D eigenvalue weighted by Crippen LogP contribution is 2.31. The van der Waals surface area contributed by atoms with E-state index in [0.717, 1.165) is 24.6 Å². The SMILES string of the molecule is O=C(N[C@@H]1CCS(=O)(=O)C1)O[C@H]1CCN2Cc3ccccc3N=C12. The monoisotopic (exact) mass is 349 g/mol. The molecule has 0 bridgehead atoms. The molecule has 3 aliphatic heterocycles. The van der Waals surface area contributed by atoms with Crippen molar-refractivity contribution in [3.05, 3.63) is 29.8 Å². The first kappa shape index (κ1) is 15.4. The molecule has 1 aromatic rings. The van der Waals surface area contributed by atoms with Crippen LogP contribution in [0.4, 0.5) is 10.5 Å². The molecule has 3 aliphatic rings. The van der Waals surface area contributed by atoms with Crippen molar-refractivity contribution in [1.29, 1.82) is 0 Å². The lowest BCUT2D eigenvalue weighted by Crippen LogP contribution is -2.40. The molecular weight excluding hydrogens is 330 g/mol. The Hall–Kier alpha value is -2.09. The van der Waals surface area contributed by atoms with Crippen LogP contribution >= 0.6 is 0 Å². The zero-order valence-electron chi connectivity index (χ0n) is 13.1. The van der Waals surface area contributed by atoms with Gasteiger partial charge in [0.1, 0.15) is 5.84 Å². The van der Waals surface area contributed by atoms with E-state index < -0.39 is 15.9 Å². The summed E-state index contributed by atoms with van der Waals surface area (Å²) in [6.45, 7) is 1.57. The van der Waals surface area contributed by atoms with E-state index in [0.29, 0.717) is 12.8 Å². The summed E-state index contributed by atoms with van der Waals surface area (Å²) < 4.78 is 28.4. The van der Waals surface area contributed by atoms with Crippen LogP contribution in [-0.2, 0) is 21.1 Å². The van der Waals surface area contributed by atoms with Crippen molar-refractivity contribution in [3.8, 4) is 0 Å². The lowest BCUT2D eigenvalue weighted by atomic mass is 10.1. The lowest BCUT2D eigenvalue weighted by molar-refractivity contribution is 0.125. The van der Waals surface area contributed by atoms with Crippen molar-refractivity contribution in [3.63, 3.8) is 0 Å². The van der Waals surface area contributed by atoms with Crippen molar-refractivity contribution < 1.29 is 17.9 Å². The number of fused-ring (bicyclic) bond motifs is 2. The van der Waals surface area contributed by atoms with Gasteiger partial charge in [0.2, 0.25) is 0 Å². The fourth-order valence-electron chi connectivity index (χ4n) is 3.46. The highest BCUT2D eigenvalue weighted by molar-refractivity contribution is 7.91. The molecule has 1 amide bonds. The second-order valence-corrected chi connectivity index (χ2v) is 8.68. The van der Waals surface area contributed by atoms with E-state index in [9.17, 15) is 13.2 Å². The van der Waals surface area contributed by atoms with Crippen LogP contribution in [-0.4, -0.2) is 55.4 Å². The van der Waals surface area contributed by atoms with Gasteiger partial charge in [0.25, 0.3) is 0 Å². The van der Waals surface area contributed by atoms with Crippen molar-refractivity contribution >= 4 is 27.5 Å². The second kappa shape index (κ2) is 5.77. The van der Waals surface area contributed by atoms with E-state index in [1.54, 1.807) is 0 Å². The number of carbonyl (C=O) groups is 1. The van der Waals surface area contributed by atoms with Gasteiger partial charge in [0, 0.05) is 25.6 Å². The maximum Gasteiger partial charge on any atom is 0.408 e. The number of ether oxygens (including phenoxy) is 1. The molecule has 24 heavy (non-hydrogen) atoms. The van der Waals surface area contributed by atoms with Crippen LogP contribution in [0.25, 0.3) is 0 Å². The highest BCUT2D eigenvalue weighted by Gasteiger charge is 2.36. The molecule has 0 unspecified atom stereocenters. The fraction of sp³-hybridized carbons (Fsp3) is 0.500. The number of hydrogen-bond acceptors (Lipinski definition) is 6. The zero-order chi connectivity index (χ0) is 16.7. The minimum Gasteiger partial charge on any atom is -0.438 e. The predicted molar refractivity (Wildman–Crippen MR) is 89.0 cm³/mol. The van der Waals surface area contributed by atoms with Gasteiger partial charge in [-0.25, -0.2) is 18.2 Å². The maximum atomic E-state index is 12.1. The molecule has 0 saturated carbocycles. The number of hydrogen-bond donors (Lipinski definition) is 1. The van der Waals surface area contributed by atoms with Crippen LogP contribution in [0.3, 0.4) is 0 Å². The normalized spacial score (nSPS) is 27.2. The Kier molecular flexibility index (Phi) is 3.71. The third-order valence-electron chi connectivity index (χ3n) is 4.66. The molecule has 0 aliphatic carbocycles. The topological polar surface area (TPSA) is 88.1 Å². The first-order valence-corrected chi connectivity index (χ1v) is 9.91. The Bertz CT molecular complexity index is 805. The van der Waals surface area contributed by atoms with Gasteiger partial charge in [-0.3, -0.25) is 0 Å². The summed E-state index contributed by atoms with van der Waals surface area (Å²) in [5.74, 6) is 0.897. The third-order valence-corrected chi connectivity index (χ3v) is 6.43. The van der Waals surface area contributed by atoms with Gasteiger partial charge in [-0.2, -0.15) is 0 Å². The molecule has 3 heterocycles. The highest BCUT2D eigenvalue weighted by atomic mass is 32.2. The molecule has 0 radical (unpaired) electrons. The minimum absolute atomic E-state index is 0.00673. The van der Waals surface area contributed by atoms with Crippen molar-refractivity contribution in [2.75, 3.05) is 18.1 Å². The summed E-state index contributed by atoms with van der Waals surface area (Å²) in [6.07, 6.45) is 0.202. The van der Waals surface area contributed by atoms with Crippen LogP contribution < -0.4 is 5.32 Å². The molecule has 4 rings (SSSR count). The number of benzene rings is 1. The van der Waals surface area contributed by atoms with E-state index in [1.807, 2.05) is 18.2 Å². The van der Waals surface area contributed by atoms with E-state index >= 15 is 0 Å². The summed E-state index contributed by atoms with van der Waals surface area (Å²) in [5.41, 5.74) is 2.09. The lowest BCUT2D eigenvalue weighted by Gasteiger charge is -2.26. The van der Waals surface area contributed by atoms with Gasteiger partial charge < -0.3 is 15.0 Å². The van der Waals surface area contributed by atoms with E-state index in [-0.39, 0.29) is 23.7 Å².